The number of carbonyl (C=O) groups excluding carboxylic acids is 2. The van der Waals surface area contributed by atoms with Gasteiger partial charge in [-0.25, -0.2) is 4.79 Å². The standard InChI is InChI=1S/C22H20O4/c1-15-7-8-19(11-16(15)2)21(23)13-26-22(24)14-25-20-10-9-17-5-3-4-6-18(17)12-20/h3-12H,13-14H2,1-2H3. The van der Waals surface area contributed by atoms with E-state index in [4.69, 9.17) is 9.47 Å². The summed E-state index contributed by atoms with van der Waals surface area (Å²) in [4.78, 5) is 24.0. The third kappa shape index (κ3) is 4.28. The first kappa shape index (κ1) is 17.7. The van der Waals surface area contributed by atoms with E-state index in [2.05, 4.69) is 0 Å². The maximum atomic E-state index is 12.1. The van der Waals surface area contributed by atoms with Crippen LogP contribution in [-0.4, -0.2) is 25.0 Å². The molecule has 3 aromatic carbocycles. The first-order chi connectivity index (χ1) is 12.5. The maximum Gasteiger partial charge on any atom is 0.344 e. The molecule has 26 heavy (non-hydrogen) atoms. The van der Waals surface area contributed by atoms with Crippen molar-refractivity contribution in [2.45, 2.75) is 13.8 Å². The van der Waals surface area contributed by atoms with Gasteiger partial charge >= 0.3 is 5.97 Å². The van der Waals surface area contributed by atoms with E-state index in [0.29, 0.717) is 11.3 Å². The smallest absolute Gasteiger partial charge is 0.344 e. The van der Waals surface area contributed by atoms with Crippen molar-refractivity contribution < 1.29 is 19.1 Å². The molecule has 0 bridgehead atoms. The predicted octanol–water partition coefficient (Wildman–Crippen LogP) is 4.26. The lowest BCUT2D eigenvalue weighted by Gasteiger charge is -2.08. The Morgan fingerprint density at radius 2 is 1.58 bits per heavy atom. The number of ether oxygens (including phenoxy) is 2. The molecular formula is C22H20O4. The Bertz CT molecular complexity index is 959. The molecule has 4 heteroatoms. The van der Waals surface area contributed by atoms with Crippen LogP contribution in [0.1, 0.15) is 21.5 Å². The number of aryl methyl sites for hydroxylation is 2. The van der Waals surface area contributed by atoms with Crippen LogP contribution < -0.4 is 4.74 Å². The van der Waals surface area contributed by atoms with Crippen molar-refractivity contribution in [3.8, 4) is 5.75 Å². The van der Waals surface area contributed by atoms with Crippen LogP contribution in [0, 0.1) is 13.8 Å². The fraction of sp³-hybridized carbons (Fsp3) is 0.182. The van der Waals surface area contributed by atoms with Crippen molar-refractivity contribution in [2.75, 3.05) is 13.2 Å². The van der Waals surface area contributed by atoms with Gasteiger partial charge in [0, 0.05) is 5.56 Å². The molecule has 3 rings (SSSR count). The van der Waals surface area contributed by atoms with Crippen LogP contribution in [0.5, 0.6) is 5.75 Å². The summed E-state index contributed by atoms with van der Waals surface area (Å²) in [7, 11) is 0. The molecule has 0 saturated carbocycles. The van der Waals surface area contributed by atoms with Gasteiger partial charge in [-0.3, -0.25) is 4.79 Å². The normalized spacial score (nSPS) is 10.5. The molecular weight excluding hydrogens is 328 g/mol. The number of hydrogen-bond acceptors (Lipinski definition) is 4. The number of benzene rings is 3. The number of carbonyl (C=O) groups is 2. The molecule has 0 aliphatic carbocycles. The number of rotatable bonds is 6. The fourth-order valence-corrected chi connectivity index (χ4v) is 2.59. The Morgan fingerprint density at radius 1 is 0.808 bits per heavy atom. The van der Waals surface area contributed by atoms with Gasteiger partial charge in [0.05, 0.1) is 0 Å². The average molecular weight is 348 g/mol. The van der Waals surface area contributed by atoms with E-state index in [1.54, 1.807) is 18.2 Å². The van der Waals surface area contributed by atoms with Gasteiger partial charge < -0.3 is 9.47 Å². The first-order valence-corrected chi connectivity index (χ1v) is 8.40. The van der Waals surface area contributed by atoms with Gasteiger partial charge in [-0.2, -0.15) is 0 Å². The molecule has 3 aromatic rings. The summed E-state index contributed by atoms with van der Waals surface area (Å²) in [6, 6.07) is 18.9. The van der Waals surface area contributed by atoms with Gasteiger partial charge in [-0.15, -0.1) is 0 Å². The summed E-state index contributed by atoms with van der Waals surface area (Å²) in [6.45, 7) is 3.39. The number of ketones is 1. The SMILES string of the molecule is Cc1ccc(C(=O)COC(=O)COc2ccc3ccccc3c2)cc1C. The molecule has 0 amide bonds. The van der Waals surface area contributed by atoms with Crippen LogP contribution in [0.25, 0.3) is 10.8 Å². The van der Waals surface area contributed by atoms with E-state index in [0.717, 1.165) is 21.9 Å². The fourth-order valence-electron chi connectivity index (χ4n) is 2.59. The van der Waals surface area contributed by atoms with E-state index in [-0.39, 0.29) is 19.0 Å². The van der Waals surface area contributed by atoms with Crippen molar-refractivity contribution in [1.82, 2.24) is 0 Å². The summed E-state index contributed by atoms with van der Waals surface area (Å²) in [5.41, 5.74) is 2.68. The quantitative estimate of drug-likeness (QED) is 0.493. The minimum atomic E-state index is -0.574. The van der Waals surface area contributed by atoms with Crippen molar-refractivity contribution in [1.29, 1.82) is 0 Å². The van der Waals surface area contributed by atoms with E-state index < -0.39 is 5.97 Å². The molecule has 0 aromatic heterocycles. The largest absolute Gasteiger partial charge is 0.482 e. The van der Waals surface area contributed by atoms with Crippen molar-refractivity contribution in [3.05, 3.63) is 77.4 Å². The number of hydrogen-bond donors (Lipinski definition) is 0. The van der Waals surface area contributed by atoms with Crippen molar-refractivity contribution in [3.63, 3.8) is 0 Å². The Hall–Kier alpha value is -3.14. The number of esters is 1. The van der Waals surface area contributed by atoms with Crippen LogP contribution in [0.4, 0.5) is 0 Å². The van der Waals surface area contributed by atoms with Crippen LogP contribution >= 0.6 is 0 Å². The molecule has 0 aliphatic heterocycles. The van der Waals surface area contributed by atoms with Gasteiger partial charge in [0.1, 0.15) is 5.75 Å². The monoisotopic (exact) mass is 348 g/mol. The summed E-state index contributed by atoms with van der Waals surface area (Å²) in [6.07, 6.45) is 0. The van der Waals surface area contributed by atoms with Crippen LogP contribution in [0.15, 0.2) is 60.7 Å². The zero-order valence-electron chi connectivity index (χ0n) is 14.8. The summed E-state index contributed by atoms with van der Waals surface area (Å²) < 4.78 is 10.5. The highest BCUT2D eigenvalue weighted by atomic mass is 16.6. The molecule has 0 N–H and O–H groups in total. The lowest BCUT2D eigenvalue weighted by Crippen LogP contribution is -2.19. The minimum absolute atomic E-state index is 0.229. The molecule has 0 aliphatic rings. The lowest BCUT2D eigenvalue weighted by atomic mass is 10.0. The van der Waals surface area contributed by atoms with Gasteiger partial charge in [0.2, 0.25) is 0 Å². The van der Waals surface area contributed by atoms with Crippen LogP contribution in [0.3, 0.4) is 0 Å². The second-order valence-electron chi connectivity index (χ2n) is 6.18. The molecule has 0 saturated heterocycles. The Morgan fingerprint density at radius 3 is 2.35 bits per heavy atom. The molecule has 4 nitrogen and oxygen atoms in total. The predicted molar refractivity (Wildman–Crippen MR) is 101 cm³/mol. The molecule has 0 spiro atoms. The zero-order chi connectivity index (χ0) is 18.5. The van der Waals surface area contributed by atoms with Gasteiger partial charge in [-0.1, -0.05) is 42.5 Å². The highest BCUT2D eigenvalue weighted by Gasteiger charge is 2.11. The Labute approximate surface area is 152 Å². The van der Waals surface area contributed by atoms with E-state index in [1.807, 2.05) is 56.3 Å². The van der Waals surface area contributed by atoms with E-state index in [1.165, 1.54) is 0 Å². The Kier molecular flexibility index (Phi) is 5.32. The summed E-state index contributed by atoms with van der Waals surface area (Å²) in [5.74, 6) is -0.219. The van der Waals surface area contributed by atoms with Crippen LogP contribution in [-0.2, 0) is 9.53 Å². The first-order valence-electron chi connectivity index (χ1n) is 8.40. The highest BCUT2D eigenvalue weighted by Crippen LogP contribution is 2.20. The highest BCUT2D eigenvalue weighted by molar-refractivity contribution is 5.98. The van der Waals surface area contributed by atoms with Crippen molar-refractivity contribution in [2.24, 2.45) is 0 Å². The molecule has 0 atom stereocenters. The molecule has 132 valence electrons. The van der Waals surface area contributed by atoms with Gasteiger partial charge in [0.15, 0.2) is 19.0 Å². The number of fused-ring (bicyclic) bond motifs is 1. The summed E-state index contributed by atoms with van der Waals surface area (Å²) >= 11 is 0. The topological polar surface area (TPSA) is 52.6 Å². The number of Topliss-reactive ketones (excluding diaryl/α,β-unsaturated/α-hetero) is 1. The minimum Gasteiger partial charge on any atom is -0.482 e. The third-order valence-corrected chi connectivity index (χ3v) is 4.27. The zero-order valence-corrected chi connectivity index (χ0v) is 14.8. The van der Waals surface area contributed by atoms with Gasteiger partial charge in [-0.05, 0) is 53.9 Å². The average Bonchev–Trinajstić information content (AvgIpc) is 2.66. The second-order valence-corrected chi connectivity index (χ2v) is 6.18. The van der Waals surface area contributed by atoms with Crippen LogP contribution in [0.2, 0.25) is 0 Å². The Balaban J connectivity index is 1.51. The van der Waals surface area contributed by atoms with E-state index >= 15 is 0 Å². The summed E-state index contributed by atoms with van der Waals surface area (Å²) in [5, 5.41) is 2.13. The lowest BCUT2D eigenvalue weighted by molar-refractivity contribution is -0.144. The molecule has 0 radical (unpaired) electrons. The second kappa shape index (κ2) is 7.83. The maximum absolute atomic E-state index is 12.1. The molecule has 0 heterocycles. The van der Waals surface area contributed by atoms with Gasteiger partial charge in [0.25, 0.3) is 0 Å². The molecule has 0 fully saturated rings. The third-order valence-electron chi connectivity index (χ3n) is 4.27. The molecule has 0 unspecified atom stereocenters. The van der Waals surface area contributed by atoms with E-state index in [9.17, 15) is 9.59 Å². The van der Waals surface area contributed by atoms with Crippen molar-refractivity contribution >= 4 is 22.5 Å².